The van der Waals surface area contributed by atoms with Gasteiger partial charge in [-0.05, 0) is 30.0 Å². The summed E-state index contributed by atoms with van der Waals surface area (Å²) in [6, 6.07) is 10.4. The molecule has 3 N–H and O–H groups in total. The topological polar surface area (TPSA) is 87.6 Å². The number of fused-ring (bicyclic) bond motifs is 3. The minimum absolute atomic E-state index is 0.138. The van der Waals surface area contributed by atoms with Gasteiger partial charge in [0, 0.05) is 37.1 Å². The van der Waals surface area contributed by atoms with Gasteiger partial charge in [0.2, 0.25) is 5.91 Å². The second-order valence-corrected chi connectivity index (χ2v) is 8.15. The second kappa shape index (κ2) is 6.34. The number of rotatable bonds is 5. The highest BCUT2D eigenvalue weighted by Crippen LogP contribution is 2.45. The van der Waals surface area contributed by atoms with Crippen molar-refractivity contribution in [2.24, 2.45) is 12.5 Å². The van der Waals surface area contributed by atoms with Crippen LogP contribution >= 0.6 is 0 Å². The summed E-state index contributed by atoms with van der Waals surface area (Å²) in [4.78, 5) is 24.7. The van der Waals surface area contributed by atoms with Crippen molar-refractivity contribution in [2.45, 2.75) is 26.3 Å². The summed E-state index contributed by atoms with van der Waals surface area (Å²) in [6.07, 6.45) is 3.79. The van der Waals surface area contributed by atoms with Gasteiger partial charge in [-0.2, -0.15) is 0 Å². The zero-order chi connectivity index (χ0) is 20.2. The van der Waals surface area contributed by atoms with E-state index in [1.807, 2.05) is 31.9 Å². The van der Waals surface area contributed by atoms with E-state index in [4.69, 9.17) is 0 Å². The molecule has 148 valence electrons. The Labute approximate surface area is 168 Å². The highest BCUT2D eigenvalue weighted by Gasteiger charge is 2.44. The van der Waals surface area contributed by atoms with E-state index in [2.05, 4.69) is 55.9 Å². The zero-order valence-corrected chi connectivity index (χ0v) is 16.8. The lowest BCUT2D eigenvalue weighted by molar-refractivity contribution is -0.125. The molecule has 29 heavy (non-hydrogen) atoms. The quantitative estimate of drug-likeness (QED) is 0.488. The maximum Gasteiger partial charge on any atom is 0.226 e. The van der Waals surface area contributed by atoms with Gasteiger partial charge in [-0.25, -0.2) is 9.97 Å². The highest BCUT2D eigenvalue weighted by molar-refractivity contribution is 6.07. The monoisotopic (exact) mass is 388 g/mol. The molecule has 1 aliphatic rings. The maximum atomic E-state index is 12.1. The van der Waals surface area contributed by atoms with E-state index < -0.39 is 0 Å². The summed E-state index contributed by atoms with van der Waals surface area (Å²) in [7, 11) is 3.85. The summed E-state index contributed by atoms with van der Waals surface area (Å²) < 4.78 is 2.02. The molecule has 5 rings (SSSR count). The summed E-state index contributed by atoms with van der Waals surface area (Å²) in [5.74, 6) is 0.917. The van der Waals surface area contributed by atoms with Crippen LogP contribution < -0.4 is 10.6 Å². The molecule has 3 aromatic heterocycles. The molecule has 1 saturated carbocycles. The minimum atomic E-state index is -0.138. The van der Waals surface area contributed by atoms with Gasteiger partial charge >= 0.3 is 0 Å². The van der Waals surface area contributed by atoms with Crippen molar-refractivity contribution in [2.75, 3.05) is 12.4 Å². The number of carbonyl (C=O) groups is 1. The number of hydrogen-bond donors (Lipinski definition) is 3. The van der Waals surface area contributed by atoms with Crippen molar-refractivity contribution in [3.05, 3.63) is 42.2 Å². The summed E-state index contributed by atoms with van der Waals surface area (Å²) in [5, 5.41) is 7.22. The number of aromatic amines is 1. The molecule has 0 unspecified atom stereocenters. The van der Waals surface area contributed by atoms with Crippen molar-refractivity contribution in [3.8, 4) is 11.3 Å². The molecule has 4 aromatic rings. The predicted octanol–water partition coefficient (Wildman–Crippen LogP) is 3.57. The van der Waals surface area contributed by atoms with E-state index in [1.165, 1.54) is 0 Å². The van der Waals surface area contributed by atoms with Crippen molar-refractivity contribution in [3.63, 3.8) is 0 Å². The Morgan fingerprint density at radius 2 is 2.03 bits per heavy atom. The zero-order valence-electron chi connectivity index (χ0n) is 16.8. The molecule has 1 aliphatic carbocycles. The fraction of sp³-hybridized carbons (Fsp3) is 0.318. The number of benzene rings is 1. The van der Waals surface area contributed by atoms with Crippen molar-refractivity contribution in [1.29, 1.82) is 0 Å². The summed E-state index contributed by atoms with van der Waals surface area (Å²) >= 11 is 0. The Bertz CT molecular complexity index is 1230. The SMILES string of the molecule is CNc1nc2[nH]c(-c3ccc(CNC(=O)C4(C)CC4)cc3)cc2c2c1ncn2C. The average molecular weight is 388 g/mol. The second-order valence-electron chi connectivity index (χ2n) is 8.15. The number of carbonyl (C=O) groups excluding carboxylic acids is 1. The van der Waals surface area contributed by atoms with E-state index in [1.54, 1.807) is 0 Å². The molecule has 0 spiro atoms. The number of aromatic nitrogens is 4. The van der Waals surface area contributed by atoms with E-state index in [0.717, 1.165) is 57.5 Å². The molecule has 0 bridgehead atoms. The van der Waals surface area contributed by atoms with Crippen LogP contribution in [0.15, 0.2) is 36.7 Å². The number of pyridine rings is 1. The van der Waals surface area contributed by atoms with Crippen LogP contribution in [0, 0.1) is 5.41 Å². The van der Waals surface area contributed by atoms with Crippen LogP contribution in [-0.4, -0.2) is 32.5 Å². The van der Waals surface area contributed by atoms with E-state index in [-0.39, 0.29) is 11.3 Å². The fourth-order valence-electron chi connectivity index (χ4n) is 3.74. The number of nitrogens with one attached hydrogen (secondary N) is 3. The normalized spacial score (nSPS) is 15.0. The first kappa shape index (κ1) is 17.7. The Hall–Kier alpha value is -3.35. The average Bonchev–Trinajstić information content (AvgIpc) is 3.17. The molecule has 0 radical (unpaired) electrons. The van der Waals surface area contributed by atoms with E-state index in [0.29, 0.717) is 6.54 Å². The summed E-state index contributed by atoms with van der Waals surface area (Å²) in [5.41, 5.74) is 5.78. The third-order valence-electron chi connectivity index (χ3n) is 5.94. The van der Waals surface area contributed by atoms with Gasteiger partial charge < -0.3 is 20.2 Å². The molecule has 1 amide bonds. The standard InChI is InChI=1S/C22H24N6O/c1-22(8-9-22)21(29)24-11-13-4-6-14(7-5-13)16-10-15-18-17(25-12-28(18)3)20(23-2)27-19(15)26-16/h4-7,10,12H,8-9,11H2,1-3H3,(H,24,29)(H2,23,26,27). The molecule has 0 saturated heterocycles. The molecule has 0 aliphatic heterocycles. The van der Waals surface area contributed by atoms with Crippen LogP contribution in [0.5, 0.6) is 0 Å². The molecule has 7 nitrogen and oxygen atoms in total. The van der Waals surface area contributed by atoms with Crippen LogP contribution in [0.2, 0.25) is 0 Å². The molecular weight excluding hydrogens is 364 g/mol. The number of amides is 1. The molecule has 0 atom stereocenters. The lowest BCUT2D eigenvalue weighted by Crippen LogP contribution is -2.29. The van der Waals surface area contributed by atoms with Gasteiger partial charge in [-0.15, -0.1) is 0 Å². The molecule has 1 aromatic carbocycles. The van der Waals surface area contributed by atoms with Crippen LogP contribution in [0.4, 0.5) is 5.82 Å². The molecular formula is C22H24N6O. The van der Waals surface area contributed by atoms with Crippen LogP contribution in [-0.2, 0) is 18.4 Å². The summed E-state index contributed by atoms with van der Waals surface area (Å²) in [6.45, 7) is 2.58. The van der Waals surface area contributed by atoms with Gasteiger partial charge in [-0.1, -0.05) is 31.2 Å². The first-order chi connectivity index (χ1) is 14.0. The molecule has 1 fully saturated rings. The van der Waals surface area contributed by atoms with Crippen LogP contribution in [0.1, 0.15) is 25.3 Å². The smallest absolute Gasteiger partial charge is 0.226 e. The van der Waals surface area contributed by atoms with Crippen molar-refractivity contribution < 1.29 is 4.79 Å². The van der Waals surface area contributed by atoms with Gasteiger partial charge in [0.25, 0.3) is 0 Å². The number of nitrogens with zero attached hydrogens (tertiary/aromatic N) is 3. The Kier molecular flexibility index (Phi) is 3.87. The number of anilines is 1. The number of H-pyrrole nitrogens is 1. The van der Waals surface area contributed by atoms with Crippen LogP contribution in [0.25, 0.3) is 33.3 Å². The number of aryl methyl sites for hydroxylation is 1. The van der Waals surface area contributed by atoms with E-state index >= 15 is 0 Å². The molecule has 3 heterocycles. The largest absolute Gasteiger partial charge is 0.371 e. The van der Waals surface area contributed by atoms with Crippen molar-refractivity contribution in [1.82, 2.24) is 24.8 Å². The van der Waals surface area contributed by atoms with Gasteiger partial charge in [0.1, 0.15) is 11.2 Å². The van der Waals surface area contributed by atoms with Gasteiger partial charge in [0.15, 0.2) is 5.82 Å². The van der Waals surface area contributed by atoms with E-state index in [9.17, 15) is 4.79 Å². The Morgan fingerprint density at radius 3 is 2.72 bits per heavy atom. The Morgan fingerprint density at radius 1 is 1.28 bits per heavy atom. The van der Waals surface area contributed by atoms with Gasteiger partial charge in [0.05, 0.1) is 11.8 Å². The van der Waals surface area contributed by atoms with Crippen molar-refractivity contribution >= 4 is 33.8 Å². The third-order valence-corrected chi connectivity index (χ3v) is 5.94. The minimum Gasteiger partial charge on any atom is -0.371 e. The first-order valence-corrected chi connectivity index (χ1v) is 9.88. The number of hydrogen-bond acceptors (Lipinski definition) is 4. The van der Waals surface area contributed by atoms with Crippen LogP contribution in [0.3, 0.4) is 0 Å². The lowest BCUT2D eigenvalue weighted by Gasteiger charge is -2.10. The van der Waals surface area contributed by atoms with Gasteiger partial charge in [-0.3, -0.25) is 4.79 Å². The predicted molar refractivity (Wildman–Crippen MR) is 115 cm³/mol. The lowest BCUT2D eigenvalue weighted by atomic mass is 10.1. The Balaban J connectivity index is 1.44. The number of imidazole rings is 1. The highest BCUT2D eigenvalue weighted by atomic mass is 16.2. The third kappa shape index (κ3) is 2.93. The first-order valence-electron chi connectivity index (χ1n) is 9.88. The fourth-order valence-corrected chi connectivity index (χ4v) is 3.74. The maximum absolute atomic E-state index is 12.1. The molecule has 7 heteroatoms.